The van der Waals surface area contributed by atoms with E-state index in [2.05, 4.69) is 0 Å². The van der Waals surface area contributed by atoms with Crippen LogP contribution in [0.4, 0.5) is 0 Å². The zero-order valence-corrected chi connectivity index (χ0v) is 11.1. The number of phenols is 2. The molecule has 0 atom stereocenters. The molecular formula is C15H14O5. The molecule has 0 amide bonds. The van der Waals surface area contributed by atoms with E-state index in [0.29, 0.717) is 5.56 Å². The van der Waals surface area contributed by atoms with Crippen molar-refractivity contribution in [2.24, 2.45) is 0 Å². The van der Waals surface area contributed by atoms with Gasteiger partial charge in [0.1, 0.15) is 0 Å². The first-order chi connectivity index (χ1) is 9.60. The van der Waals surface area contributed by atoms with Gasteiger partial charge in [0.2, 0.25) is 11.5 Å². The van der Waals surface area contributed by atoms with Gasteiger partial charge in [0.05, 0.1) is 19.8 Å². The Morgan fingerprint density at radius 3 is 2.15 bits per heavy atom. The van der Waals surface area contributed by atoms with E-state index in [4.69, 9.17) is 9.47 Å². The third-order valence-electron chi connectivity index (χ3n) is 2.88. The molecule has 0 bridgehead atoms. The van der Waals surface area contributed by atoms with Gasteiger partial charge in [0.25, 0.3) is 0 Å². The highest BCUT2D eigenvalue weighted by Gasteiger charge is 2.23. The van der Waals surface area contributed by atoms with Crippen molar-refractivity contribution in [3.8, 4) is 23.0 Å². The van der Waals surface area contributed by atoms with Crippen LogP contribution in [-0.4, -0.2) is 30.2 Å². The maximum atomic E-state index is 12.4. The van der Waals surface area contributed by atoms with Crippen LogP contribution < -0.4 is 9.47 Å². The maximum Gasteiger partial charge on any atom is 0.206 e. The van der Waals surface area contributed by atoms with Crippen molar-refractivity contribution in [2.75, 3.05) is 14.2 Å². The molecule has 0 spiro atoms. The summed E-state index contributed by atoms with van der Waals surface area (Å²) in [6, 6.07) is 9.73. The zero-order valence-electron chi connectivity index (χ0n) is 11.1. The van der Waals surface area contributed by atoms with Gasteiger partial charge in [0, 0.05) is 5.56 Å². The van der Waals surface area contributed by atoms with Crippen molar-refractivity contribution in [3.63, 3.8) is 0 Å². The number of hydrogen-bond donors (Lipinski definition) is 2. The van der Waals surface area contributed by atoms with Gasteiger partial charge >= 0.3 is 0 Å². The number of ketones is 1. The van der Waals surface area contributed by atoms with Crippen LogP contribution in [0.25, 0.3) is 0 Å². The summed E-state index contributed by atoms with van der Waals surface area (Å²) in [7, 11) is 2.63. The van der Waals surface area contributed by atoms with Crippen molar-refractivity contribution in [1.82, 2.24) is 0 Å². The molecule has 0 aliphatic rings. The first kappa shape index (κ1) is 13.7. The Hall–Kier alpha value is -2.69. The Kier molecular flexibility index (Phi) is 3.79. The second-order valence-electron chi connectivity index (χ2n) is 4.05. The monoisotopic (exact) mass is 274 g/mol. The summed E-state index contributed by atoms with van der Waals surface area (Å²) in [5, 5.41) is 19.8. The van der Waals surface area contributed by atoms with Crippen molar-refractivity contribution < 1.29 is 24.5 Å². The van der Waals surface area contributed by atoms with Gasteiger partial charge in [-0.1, -0.05) is 30.3 Å². The summed E-state index contributed by atoms with van der Waals surface area (Å²) in [6.45, 7) is 0. The molecule has 0 aromatic heterocycles. The largest absolute Gasteiger partial charge is 0.504 e. The van der Waals surface area contributed by atoms with Crippen LogP contribution in [0.5, 0.6) is 23.0 Å². The highest BCUT2D eigenvalue weighted by Crippen LogP contribution is 2.45. The van der Waals surface area contributed by atoms with Crippen LogP contribution >= 0.6 is 0 Å². The van der Waals surface area contributed by atoms with E-state index in [1.165, 1.54) is 20.3 Å². The van der Waals surface area contributed by atoms with Crippen LogP contribution in [-0.2, 0) is 0 Å². The number of carbonyl (C=O) groups is 1. The molecule has 0 saturated heterocycles. The molecule has 0 aliphatic heterocycles. The van der Waals surface area contributed by atoms with E-state index in [1.54, 1.807) is 30.3 Å². The van der Waals surface area contributed by atoms with Gasteiger partial charge in [-0.2, -0.15) is 0 Å². The third-order valence-corrected chi connectivity index (χ3v) is 2.88. The Morgan fingerprint density at radius 1 is 1.00 bits per heavy atom. The molecule has 5 heteroatoms. The minimum absolute atomic E-state index is 0.0338. The summed E-state index contributed by atoms with van der Waals surface area (Å²) in [5.74, 6) is -1.27. The molecule has 0 aliphatic carbocycles. The van der Waals surface area contributed by atoms with E-state index in [1.807, 2.05) is 0 Å². The second-order valence-corrected chi connectivity index (χ2v) is 4.05. The SMILES string of the molecule is COc1c(O)cc(C(=O)c2ccccc2)c(OC)c1O. The number of ether oxygens (including phenoxy) is 2. The second kappa shape index (κ2) is 5.52. The number of carbonyl (C=O) groups excluding carboxylic acids is 1. The number of hydrogen-bond acceptors (Lipinski definition) is 5. The summed E-state index contributed by atoms with van der Waals surface area (Å²) in [4.78, 5) is 12.4. The number of rotatable bonds is 4. The predicted molar refractivity (Wildman–Crippen MR) is 72.8 cm³/mol. The number of phenolic OH excluding ortho intramolecular Hbond substituents is 2. The van der Waals surface area contributed by atoms with Gasteiger partial charge in [-0.15, -0.1) is 0 Å². The fourth-order valence-corrected chi connectivity index (χ4v) is 1.94. The van der Waals surface area contributed by atoms with Crippen molar-refractivity contribution in [3.05, 3.63) is 47.5 Å². The highest BCUT2D eigenvalue weighted by atomic mass is 16.5. The molecule has 20 heavy (non-hydrogen) atoms. The average Bonchev–Trinajstić information content (AvgIpc) is 2.47. The van der Waals surface area contributed by atoms with Crippen LogP contribution in [0.3, 0.4) is 0 Å². The van der Waals surface area contributed by atoms with Crippen LogP contribution in [0.1, 0.15) is 15.9 Å². The number of aromatic hydroxyl groups is 2. The topological polar surface area (TPSA) is 76.0 Å². The quantitative estimate of drug-likeness (QED) is 0.837. The lowest BCUT2D eigenvalue weighted by Crippen LogP contribution is -2.04. The molecule has 0 saturated carbocycles. The van der Waals surface area contributed by atoms with Gasteiger partial charge in [-0.25, -0.2) is 0 Å². The van der Waals surface area contributed by atoms with Gasteiger partial charge in [-0.3, -0.25) is 4.79 Å². The van der Waals surface area contributed by atoms with Gasteiger partial charge < -0.3 is 19.7 Å². The number of methoxy groups -OCH3 is 2. The van der Waals surface area contributed by atoms with Crippen molar-refractivity contribution in [2.45, 2.75) is 0 Å². The fraction of sp³-hybridized carbons (Fsp3) is 0.133. The molecule has 2 N–H and O–H groups in total. The summed E-state index contributed by atoms with van der Waals surface area (Å²) >= 11 is 0. The lowest BCUT2D eigenvalue weighted by molar-refractivity contribution is 0.103. The highest BCUT2D eigenvalue weighted by molar-refractivity contribution is 6.11. The lowest BCUT2D eigenvalue weighted by Gasteiger charge is -2.14. The van der Waals surface area contributed by atoms with Crippen LogP contribution in [0, 0.1) is 0 Å². The Labute approximate surface area is 116 Å². The molecule has 5 nitrogen and oxygen atoms in total. The number of benzene rings is 2. The molecule has 0 radical (unpaired) electrons. The Bertz CT molecular complexity index is 634. The first-order valence-corrected chi connectivity index (χ1v) is 5.86. The zero-order chi connectivity index (χ0) is 14.7. The third kappa shape index (κ3) is 2.25. The Morgan fingerprint density at radius 2 is 1.60 bits per heavy atom. The van der Waals surface area contributed by atoms with E-state index >= 15 is 0 Å². The maximum absolute atomic E-state index is 12.4. The van der Waals surface area contributed by atoms with Crippen LogP contribution in [0.15, 0.2) is 36.4 Å². The molecular weight excluding hydrogens is 260 g/mol. The van der Waals surface area contributed by atoms with Crippen molar-refractivity contribution >= 4 is 5.78 Å². The molecule has 0 fully saturated rings. The standard InChI is InChI=1S/C15H14O5/c1-19-14-10(8-11(16)15(20-2)13(14)18)12(17)9-6-4-3-5-7-9/h3-8,16,18H,1-2H3. The first-order valence-electron chi connectivity index (χ1n) is 5.86. The molecule has 2 aromatic carbocycles. The summed E-state index contributed by atoms with van der Waals surface area (Å²) in [6.07, 6.45) is 0. The minimum atomic E-state index is -0.408. The summed E-state index contributed by atoms with van der Waals surface area (Å²) < 4.78 is 9.92. The molecule has 0 heterocycles. The molecule has 0 unspecified atom stereocenters. The fourth-order valence-electron chi connectivity index (χ4n) is 1.94. The minimum Gasteiger partial charge on any atom is -0.504 e. The van der Waals surface area contributed by atoms with E-state index in [-0.39, 0.29) is 28.6 Å². The predicted octanol–water partition coefficient (Wildman–Crippen LogP) is 2.35. The van der Waals surface area contributed by atoms with Gasteiger partial charge in [0.15, 0.2) is 17.3 Å². The smallest absolute Gasteiger partial charge is 0.206 e. The molecule has 2 aromatic rings. The van der Waals surface area contributed by atoms with Crippen molar-refractivity contribution in [1.29, 1.82) is 0 Å². The molecule has 2 rings (SSSR count). The average molecular weight is 274 g/mol. The van der Waals surface area contributed by atoms with E-state index < -0.39 is 5.75 Å². The lowest BCUT2D eigenvalue weighted by atomic mass is 10.0. The van der Waals surface area contributed by atoms with E-state index in [0.717, 1.165) is 0 Å². The van der Waals surface area contributed by atoms with E-state index in [9.17, 15) is 15.0 Å². The summed E-state index contributed by atoms with van der Waals surface area (Å²) in [5.41, 5.74) is 0.490. The Balaban J connectivity index is 2.60. The van der Waals surface area contributed by atoms with Crippen LogP contribution in [0.2, 0.25) is 0 Å². The molecule has 104 valence electrons. The normalized spacial score (nSPS) is 10.1. The van der Waals surface area contributed by atoms with Gasteiger partial charge in [-0.05, 0) is 6.07 Å².